The second kappa shape index (κ2) is 7.75. The number of ether oxygens (including phenoxy) is 1. The minimum absolute atomic E-state index is 0.0641. The smallest absolute Gasteiger partial charge is 0.229 e. The number of carbonyl (C=O) groups is 1. The van der Waals surface area contributed by atoms with Gasteiger partial charge in [-0.05, 0) is 36.6 Å². The number of hydrogen-bond donors (Lipinski definition) is 1. The number of aromatic nitrogens is 2. The standard InChI is InChI=1S/C21H27N5O2/c1-22-19(27)21-8-4-11-26(20-23-9-5-10-24-20)18(21)14-25(15-21)13-16-6-3-7-17(12-16)28-2/h3,5-7,9-10,12,18H,4,8,11,13-15H2,1-2H3,(H,22,27)/t18-,21-/m0/s1. The maximum atomic E-state index is 13.0. The molecule has 3 heterocycles. The zero-order valence-electron chi connectivity index (χ0n) is 16.5. The van der Waals surface area contributed by atoms with Crippen LogP contribution < -0.4 is 15.0 Å². The molecule has 1 aromatic carbocycles. The van der Waals surface area contributed by atoms with Crippen LogP contribution in [0.2, 0.25) is 0 Å². The summed E-state index contributed by atoms with van der Waals surface area (Å²) in [5.74, 6) is 1.68. The first kappa shape index (κ1) is 18.7. The van der Waals surface area contributed by atoms with Crippen LogP contribution in [0.4, 0.5) is 5.95 Å². The van der Waals surface area contributed by atoms with Crippen molar-refractivity contribution < 1.29 is 9.53 Å². The number of hydrogen-bond acceptors (Lipinski definition) is 6. The van der Waals surface area contributed by atoms with Gasteiger partial charge in [0.05, 0.1) is 18.6 Å². The normalized spacial score (nSPS) is 24.6. The SMILES string of the molecule is CNC(=O)[C@]12CCCN(c3ncccn3)[C@H]1CN(Cc1cccc(OC)c1)C2. The van der Waals surface area contributed by atoms with Crippen molar-refractivity contribution in [3.8, 4) is 5.75 Å². The summed E-state index contributed by atoms with van der Waals surface area (Å²) in [4.78, 5) is 26.5. The molecule has 1 N–H and O–H groups in total. The molecule has 2 fully saturated rings. The summed E-state index contributed by atoms with van der Waals surface area (Å²) in [6.45, 7) is 3.21. The number of methoxy groups -OCH3 is 1. The van der Waals surface area contributed by atoms with Crippen LogP contribution in [0.5, 0.6) is 5.75 Å². The van der Waals surface area contributed by atoms with Crippen molar-refractivity contribution in [2.75, 3.05) is 38.7 Å². The van der Waals surface area contributed by atoms with Crippen molar-refractivity contribution in [2.24, 2.45) is 5.41 Å². The van der Waals surface area contributed by atoms with Crippen LogP contribution in [-0.4, -0.2) is 60.6 Å². The molecule has 2 saturated heterocycles. The van der Waals surface area contributed by atoms with E-state index in [-0.39, 0.29) is 11.9 Å². The van der Waals surface area contributed by atoms with E-state index in [4.69, 9.17) is 4.74 Å². The molecule has 28 heavy (non-hydrogen) atoms. The molecule has 2 aliphatic heterocycles. The summed E-state index contributed by atoms with van der Waals surface area (Å²) in [6, 6.07) is 10.0. The van der Waals surface area contributed by atoms with Crippen molar-refractivity contribution in [1.29, 1.82) is 0 Å². The van der Waals surface area contributed by atoms with Gasteiger partial charge in [0, 0.05) is 45.6 Å². The van der Waals surface area contributed by atoms with Crippen LogP contribution in [0.1, 0.15) is 18.4 Å². The average molecular weight is 381 g/mol. The Kier molecular flexibility index (Phi) is 5.17. The van der Waals surface area contributed by atoms with E-state index in [1.165, 1.54) is 5.56 Å². The number of benzene rings is 1. The quantitative estimate of drug-likeness (QED) is 0.850. The summed E-state index contributed by atoms with van der Waals surface area (Å²) in [6.07, 6.45) is 5.37. The van der Waals surface area contributed by atoms with E-state index in [1.807, 2.05) is 18.2 Å². The highest BCUT2D eigenvalue weighted by Gasteiger charge is 2.55. The Bertz CT molecular complexity index is 831. The third-order valence-electron chi connectivity index (χ3n) is 6.00. The van der Waals surface area contributed by atoms with Crippen molar-refractivity contribution in [3.05, 3.63) is 48.3 Å². The lowest BCUT2D eigenvalue weighted by atomic mass is 9.74. The van der Waals surface area contributed by atoms with Crippen LogP contribution in [0, 0.1) is 5.41 Å². The third-order valence-corrected chi connectivity index (χ3v) is 6.00. The minimum Gasteiger partial charge on any atom is -0.497 e. The predicted octanol–water partition coefficient (Wildman–Crippen LogP) is 1.70. The maximum absolute atomic E-state index is 13.0. The molecule has 2 aliphatic rings. The molecule has 1 amide bonds. The lowest BCUT2D eigenvalue weighted by Gasteiger charge is -2.44. The van der Waals surface area contributed by atoms with Crippen LogP contribution in [0.25, 0.3) is 0 Å². The predicted molar refractivity (Wildman–Crippen MR) is 107 cm³/mol. The van der Waals surface area contributed by atoms with E-state index in [9.17, 15) is 4.79 Å². The van der Waals surface area contributed by atoms with E-state index in [0.29, 0.717) is 5.95 Å². The number of nitrogens with one attached hydrogen (secondary N) is 1. The molecule has 0 radical (unpaired) electrons. The largest absolute Gasteiger partial charge is 0.497 e. The fourth-order valence-corrected chi connectivity index (χ4v) is 4.77. The number of carbonyl (C=O) groups excluding carboxylic acids is 1. The van der Waals surface area contributed by atoms with Gasteiger partial charge in [-0.25, -0.2) is 9.97 Å². The van der Waals surface area contributed by atoms with Gasteiger partial charge in [-0.1, -0.05) is 12.1 Å². The number of amides is 1. The Labute approximate surface area is 165 Å². The van der Waals surface area contributed by atoms with Crippen molar-refractivity contribution in [3.63, 3.8) is 0 Å². The molecule has 7 nitrogen and oxygen atoms in total. The van der Waals surface area contributed by atoms with Gasteiger partial charge >= 0.3 is 0 Å². The highest BCUT2D eigenvalue weighted by molar-refractivity contribution is 5.85. The Balaban J connectivity index is 1.62. The van der Waals surface area contributed by atoms with Gasteiger partial charge in [-0.15, -0.1) is 0 Å². The summed E-state index contributed by atoms with van der Waals surface area (Å²) in [5, 5.41) is 2.92. The topological polar surface area (TPSA) is 70.6 Å². The number of anilines is 1. The molecule has 2 aromatic rings. The van der Waals surface area contributed by atoms with Crippen molar-refractivity contribution in [1.82, 2.24) is 20.2 Å². The van der Waals surface area contributed by atoms with Gasteiger partial charge in [-0.3, -0.25) is 9.69 Å². The molecule has 7 heteroatoms. The Morgan fingerprint density at radius 3 is 2.89 bits per heavy atom. The minimum atomic E-state index is -0.439. The Morgan fingerprint density at radius 1 is 1.32 bits per heavy atom. The second-order valence-electron chi connectivity index (χ2n) is 7.62. The number of piperidine rings is 1. The van der Waals surface area contributed by atoms with E-state index < -0.39 is 5.41 Å². The number of rotatable bonds is 5. The molecule has 0 saturated carbocycles. The highest BCUT2D eigenvalue weighted by atomic mass is 16.5. The highest BCUT2D eigenvalue weighted by Crippen LogP contribution is 2.43. The van der Waals surface area contributed by atoms with E-state index >= 15 is 0 Å². The molecule has 1 aromatic heterocycles. The monoisotopic (exact) mass is 381 g/mol. The first-order valence-corrected chi connectivity index (χ1v) is 9.77. The van der Waals surface area contributed by atoms with Crippen LogP contribution in [0.3, 0.4) is 0 Å². The van der Waals surface area contributed by atoms with Gasteiger partial charge in [0.1, 0.15) is 5.75 Å². The zero-order chi connectivity index (χ0) is 19.6. The molecule has 0 aliphatic carbocycles. The van der Waals surface area contributed by atoms with E-state index in [1.54, 1.807) is 26.6 Å². The third kappa shape index (κ3) is 3.30. The first-order valence-electron chi connectivity index (χ1n) is 9.77. The van der Waals surface area contributed by atoms with Crippen molar-refractivity contribution >= 4 is 11.9 Å². The summed E-state index contributed by atoms with van der Waals surface area (Å²) < 4.78 is 5.36. The van der Waals surface area contributed by atoms with Crippen LogP contribution in [0.15, 0.2) is 42.7 Å². The second-order valence-corrected chi connectivity index (χ2v) is 7.62. The summed E-state index contributed by atoms with van der Waals surface area (Å²) >= 11 is 0. The van der Waals surface area contributed by atoms with Crippen LogP contribution >= 0.6 is 0 Å². The molecule has 148 valence electrons. The Morgan fingerprint density at radius 2 is 2.14 bits per heavy atom. The van der Waals surface area contributed by atoms with Gasteiger partial charge in [0.25, 0.3) is 0 Å². The fraction of sp³-hybridized carbons (Fsp3) is 0.476. The van der Waals surface area contributed by atoms with Gasteiger partial charge in [0.15, 0.2) is 0 Å². The lowest BCUT2D eigenvalue weighted by molar-refractivity contribution is -0.131. The zero-order valence-corrected chi connectivity index (χ0v) is 16.5. The van der Waals surface area contributed by atoms with Gasteiger partial charge < -0.3 is 15.0 Å². The number of fused-ring (bicyclic) bond motifs is 1. The molecule has 0 spiro atoms. The van der Waals surface area contributed by atoms with Crippen LogP contribution in [-0.2, 0) is 11.3 Å². The van der Waals surface area contributed by atoms with Gasteiger partial charge in [-0.2, -0.15) is 0 Å². The van der Waals surface area contributed by atoms with Gasteiger partial charge in [0.2, 0.25) is 11.9 Å². The molecular weight excluding hydrogens is 354 g/mol. The number of likely N-dealkylation sites (tertiary alicyclic amines) is 1. The Hall–Kier alpha value is -2.67. The molecule has 0 bridgehead atoms. The molecule has 4 rings (SSSR count). The van der Waals surface area contributed by atoms with E-state index in [0.717, 1.165) is 44.8 Å². The fourth-order valence-electron chi connectivity index (χ4n) is 4.77. The average Bonchev–Trinajstić information content (AvgIpc) is 3.13. The summed E-state index contributed by atoms with van der Waals surface area (Å²) in [7, 11) is 3.42. The molecule has 0 unspecified atom stereocenters. The van der Waals surface area contributed by atoms with E-state index in [2.05, 4.69) is 37.2 Å². The lowest BCUT2D eigenvalue weighted by Crippen LogP contribution is -2.58. The molecule has 2 atom stereocenters. The van der Waals surface area contributed by atoms with Crippen molar-refractivity contribution in [2.45, 2.75) is 25.4 Å². The maximum Gasteiger partial charge on any atom is 0.229 e. The first-order chi connectivity index (χ1) is 13.7. The number of nitrogens with zero attached hydrogens (tertiary/aromatic N) is 4. The summed E-state index contributed by atoms with van der Waals surface area (Å²) in [5.41, 5.74) is 0.748. The molecular formula is C21H27N5O2.